The predicted octanol–water partition coefficient (Wildman–Crippen LogP) is 0.704. The van der Waals surface area contributed by atoms with E-state index in [9.17, 15) is 14.9 Å². The van der Waals surface area contributed by atoms with E-state index in [2.05, 4.69) is 15.6 Å². The number of nitro benzene ring substituents is 1. The van der Waals surface area contributed by atoms with Gasteiger partial charge in [0.2, 0.25) is 0 Å². The molecule has 1 aromatic rings. The minimum atomic E-state index is -0.600. The summed E-state index contributed by atoms with van der Waals surface area (Å²) in [4.78, 5) is 25.0. The SMILES string of the molecule is CN1CCCC(NC(=O)c2cccc(NN)c2[N+](=O)[O-])C1. The van der Waals surface area contributed by atoms with Crippen molar-refractivity contribution in [3.8, 4) is 0 Å². The molecule has 8 nitrogen and oxygen atoms in total. The molecule has 1 saturated heterocycles. The average molecular weight is 293 g/mol. The number of carbonyl (C=O) groups is 1. The topological polar surface area (TPSA) is 114 Å². The van der Waals surface area contributed by atoms with Crippen molar-refractivity contribution >= 4 is 17.3 Å². The summed E-state index contributed by atoms with van der Waals surface area (Å²) in [7, 11) is 1.99. The van der Waals surface area contributed by atoms with Crippen LogP contribution >= 0.6 is 0 Å². The Balaban J connectivity index is 2.21. The van der Waals surface area contributed by atoms with Gasteiger partial charge in [0.05, 0.1) is 4.92 Å². The summed E-state index contributed by atoms with van der Waals surface area (Å²) in [5.41, 5.74) is 2.09. The number of nitrogens with zero attached hydrogens (tertiary/aromatic N) is 2. The van der Waals surface area contributed by atoms with Crippen molar-refractivity contribution in [3.05, 3.63) is 33.9 Å². The lowest BCUT2D eigenvalue weighted by atomic mass is 10.0. The minimum absolute atomic E-state index is 0.00495. The number of nitro groups is 1. The number of nitrogens with two attached hydrogens (primary N) is 1. The molecule has 1 heterocycles. The van der Waals surface area contributed by atoms with Gasteiger partial charge in [-0.05, 0) is 38.6 Å². The molecule has 1 atom stereocenters. The van der Waals surface area contributed by atoms with Crippen LogP contribution in [0, 0.1) is 10.1 Å². The Bertz CT molecular complexity index is 549. The Labute approximate surface area is 122 Å². The quantitative estimate of drug-likeness (QED) is 0.428. The van der Waals surface area contributed by atoms with Crippen LogP contribution in [0.1, 0.15) is 23.2 Å². The van der Waals surface area contributed by atoms with Gasteiger partial charge in [-0.2, -0.15) is 0 Å². The fourth-order valence-electron chi connectivity index (χ4n) is 2.59. The number of hydrazine groups is 1. The number of hydrogen-bond acceptors (Lipinski definition) is 6. The van der Waals surface area contributed by atoms with E-state index in [1.807, 2.05) is 7.05 Å². The van der Waals surface area contributed by atoms with Crippen molar-refractivity contribution < 1.29 is 9.72 Å². The van der Waals surface area contributed by atoms with Crippen LogP contribution in [0.25, 0.3) is 0 Å². The lowest BCUT2D eigenvalue weighted by Gasteiger charge is -2.30. The van der Waals surface area contributed by atoms with E-state index in [1.165, 1.54) is 12.1 Å². The Morgan fingerprint density at radius 3 is 2.90 bits per heavy atom. The maximum atomic E-state index is 12.3. The van der Waals surface area contributed by atoms with E-state index in [0.717, 1.165) is 25.9 Å². The average Bonchev–Trinajstić information content (AvgIpc) is 2.46. The molecule has 8 heteroatoms. The number of carbonyl (C=O) groups excluding carboxylic acids is 1. The largest absolute Gasteiger partial charge is 0.348 e. The van der Waals surface area contributed by atoms with Gasteiger partial charge >= 0.3 is 5.69 Å². The van der Waals surface area contributed by atoms with Gasteiger partial charge in [-0.3, -0.25) is 20.8 Å². The molecule has 1 amide bonds. The monoisotopic (exact) mass is 293 g/mol. The van der Waals surface area contributed by atoms with Gasteiger partial charge < -0.3 is 15.6 Å². The number of para-hydroxylation sites is 1. The van der Waals surface area contributed by atoms with Gasteiger partial charge in [-0.15, -0.1) is 0 Å². The minimum Gasteiger partial charge on any atom is -0.348 e. The second-order valence-electron chi connectivity index (χ2n) is 5.18. The molecule has 21 heavy (non-hydrogen) atoms. The van der Waals surface area contributed by atoms with Crippen molar-refractivity contribution in [1.29, 1.82) is 0 Å². The van der Waals surface area contributed by atoms with Crippen LogP contribution in [-0.2, 0) is 0 Å². The first-order valence-electron chi connectivity index (χ1n) is 6.76. The lowest BCUT2D eigenvalue weighted by molar-refractivity contribution is -0.384. The van der Waals surface area contributed by atoms with Crippen LogP contribution in [-0.4, -0.2) is 41.9 Å². The number of likely N-dealkylation sites (tertiary alicyclic amines) is 1. The number of rotatable bonds is 4. The molecule has 0 bridgehead atoms. The van der Waals surface area contributed by atoms with Crippen molar-refractivity contribution in [1.82, 2.24) is 10.2 Å². The normalized spacial score (nSPS) is 19.0. The third kappa shape index (κ3) is 3.47. The highest BCUT2D eigenvalue weighted by atomic mass is 16.6. The molecule has 0 radical (unpaired) electrons. The predicted molar refractivity (Wildman–Crippen MR) is 78.9 cm³/mol. The van der Waals surface area contributed by atoms with Gasteiger partial charge in [0, 0.05) is 12.6 Å². The molecular formula is C13H19N5O3. The molecule has 0 spiro atoms. The molecule has 0 aromatic heterocycles. The smallest absolute Gasteiger partial charge is 0.306 e. The zero-order valence-electron chi connectivity index (χ0n) is 11.8. The first kappa shape index (κ1) is 15.2. The highest BCUT2D eigenvalue weighted by molar-refractivity contribution is 6.00. The van der Waals surface area contributed by atoms with E-state index >= 15 is 0 Å². The highest BCUT2D eigenvalue weighted by Gasteiger charge is 2.26. The van der Waals surface area contributed by atoms with Crippen molar-refractivity contribution in [2.24, 2.45) is 5.84 Å². The molecule has 1 aromatic carbocycles. The number of hydrogen-bond donors (Lipinski definition) is 3. The van der Waals surface area contributed by atoms with E-state index in [4.69, 9.17) is 5.84 Å². The van der Waals surface area contributed by atoms with Crippen molar-refractivity contribution in [3.63, 3.8) is 0 Å². The van der Waals surface area contributed by atoms with Gasteiger partial charge in [0.1, 0.15) is 11.3 Å². The molecule has 4 N–H and O–H groups in total. The molecule has 2 rings (SSSR count). The number of benzene rings is 1. The maximum absolute atomic E-state index is 12.3. The van der Waals surface area contributed by atoms with E-state index < -0.39 is 10.8 Å². The summed E-state index contributed by atoms with van der Waals surface area (Å²) < 4.78 is 0. The number of likely N-dealkylation sites (N-methyl/N-ethyl adjacent to an activating group) is 1. The Kier molecular flexibility index (Phi) is 4.71. The lowest BCUT2D eigenvalue weighted by Crippen LogP contribution is -2.46. The summed E-state index contributed by atoms with van der Waals surface area (Å²) in [6.45, 7) is 1.74. The zero-order valence-corrected chi connectivity index (χ0v) is 11.8. The van der Waals surface area contributed by atoms with Crippen LogP contribution < -0.4 is 16.6 Å². The molecule has 1 unspecified atom stereocenters. The van der Waals surface area contributed by atoms with Crippen LogP contribution in [0.5, 0.6) is 0 Å². The fourth-order valence-corrected chi connectivity index (χ4v) is 2.59. The summed E-state index contributed by atoms with van der Waals surface area (Å²) in [6.07, 6.45) is 1.87. The Hall–Kier alpha value is -2.19. The second kappa shape index (κ2) is 6.51. The van der Waals surface area contributed by atoms with Gasteiger partial charge in [0.25, 0.3) is 5.91 Å². The number of amides is 1. The standard InChI is InChI=1S/C13H19N5O3/c1-17-7-3-4-9(8-17)15-13(19)10-5-2-6-11(16-14)12(10)18(20)21/h2,5-6,9,16H,3-4,7-8,14H2,1H3,(H,15,19). The third-order valence-electron chi connectivity index (χ3n) is 3.58. The summed E-state index contributed by atoms with van der Waals surface area (Å²) in [6, 6.07) is 4.46. The first-order valence-corrected chi connectivity index (χ1v) is 6.76. The van der Waals surface area contributed by atoms with Gasteiger partial charge in [-0.25, -0.2) is 0 Å². The molecule has 0 saturated carbocycles. The molecule has 114 valence electrons. The number of piperidine rings is 1. The Morgan fingerprint density at radius 1 is 1.52 bits per heavy atom. The van der Waals surface area contributed by atoms with Crippen LogP contribution in [0.2, 0.25) is 0 Å². The van der Waals surface area contributed by atoms with E-state index in [-0.39, 0.29) is 23.0 Å². The number of nitrogen functional groups attached to an aromatic ring is 1. The molecular weight excluding hydrogens is 274 g/mol. The second-order valence-corrected chi connectivity index (χ2v) is 5.18. The van der Waals surface area contributed by atoms with Crippen molar-refractivity contribution in [2.45, 2.75) is 18.9 Å². The molecule has 1 aliphatic heterocycles. The van der Waals surface area contributed by atoms with Crippen LogP contribution in [0.4, 0.5) is 11.4 Å². The van der Waals surface area contributed by atoms with Gasteiger partial charge in [-0.1, -0.05) is 6.07 Å². The van der Waals surface area contributed by atoms with Gasteiger partial charge in [0.15, 0.2) is 0 Å². The van der Waals surface area contributed by atoms with Crippen LogP contribution in [0.15, 0.2) is 18.2 Å². The zero-order chi connectivity index (χ0) is 15.4. The summed E-state index contributed by atoms with van der Waals surface area (Å²) in [5.74, 6) is 4.82. The number of nitrogens with one attached hydrogen (secondary N) is 2. The summed E-state index contributed by atoms with van der Waals surface area (Å²) in [5, 5.41) is 14.0. The number of anilines is 1. The first-order chi connectivity index (χ1) is 10.0. The maximum Gasteiger partial charge on any atom is 0.306 e. The van der Waals surface area contributed by atoms with E-state index in [1.54, 1.807) is 6.07 Å². The Morgan fingerprint density at radius 2 is 2.29 bits per heavy atom. The molecule has 0 aliphatic carbocycles. The van der Waals surface area contributed by atoms with E-state index in [0.29, 0.717) is 0 Å². The summed E-state index contributed by atoms with van der Waals surface area (Å²) >= 11 is 0. The fraction of sp³-hybridized carbons (Fsp3) is 0.462. The van der Waals surface area contributed by atoms with Crippen molar-refractivity contribution in [2.75, 3.05) is 25.6 Å². The molecule has 1 aliphatic rings. The molecule has 1 fully saturated rings. The third-order valence-corrected chi connectivity index (χ3v) is 3.58. The highest BCUT2D eigenvalue weighted by Crippen LogP contribution is 2.28. The van der Waals surface area contributed by atoms with Crippen LogP contribution in [0.3, 0.4) is 0 Å².